The van der Waals surface area contributed by atoms with Gasteiger partial charge in [-0.2, -0.15) is 0 Å². The van der Waals surface area contributed by atoms with Crippen molar-refractivity contribution >= 4 is 5.91 Å². The van der Waals surface area contributed by atoms with Gasteiger partial charge in [0, 0.05) is 12.1 Å². The van der Waals surface area contributed by atoms with Crippen molar-refractivity contribution in [1.29, 1.82) is 0 Å². The Morgan fingerprint density at radius 1 is 1.20 bits per heavy atom. The third kappa shape index (κ3) is 3.71. The van der Waals surface area contributed by atoms with Crippen LogP contribution in [0, 0.1) is 0 Å². The maximum atomic E-state index is 12.2. The predicted molar refractivity (Wildman–Crippen MR) is 79.6 cm³/mol. The van der Waals surface area contributed by atoms with Crippen LogP contribution >= 0.6 is 0 Å². The number of amides is 1. The average Bonchev–Trinajstić information content (AvgIpc) is 2.97. The molecule has 0 aliphatic carbocycles. The lowest BCUT2D eigenvalue weighted by atomic mass is 10.0. The molecule has 1 aromatic heterocycles. The molecule has 2 aromatic rings. The number of hydrogen-bond donors (Lipinski definition) is 1. The van der Waals surface area contributed by atoms with Crippen LogP contribution in [0.1, 0.15) is 16.8 Å². The van der Waals surface area contributed by atoms with Gasteiger partial charge in [0.1, 0.15) is 5.76 Å². The van der Waals surface area contributed by atoms with Crippen molar-refractivity contribution < 1.29 is 9.21 Å². The highest BCUT2D eigenvalue weighted by atomic mass is 16.3. The zero-order valence-corrected chi connectivity index (χ0v) is 11.9. The molecule has 0 aliphatic heterocycles. The fraction of sp³-hybridized carbons (Fsp3) is 0.312. The Morgan fingerprint density at radius 3 is 2.70 bits per heavy atom. The zero-order chi connectivity index (χ0) is 14.4. The van der Waals surface area contributed by atoms with Crippen LogP contribution in [0.2, 0.25) is 0 Å². The first-order valence-corrected chi connectivity index (χ1v) is 6.74. The van der Waals surface area contributed by atoms with Gasteiger partial charge < -0.3 is 14.6 Å². The van der Waals surface area contributed by atoms with E-state index in [1.54, 1.807) is 6.26 Å². The van der Waals surface area contributed by atoms with E-state index >= 15 is 0 Å². The minimum atomic E-state index is -0.0595. The molecule has 0 radical (unpaired) electrons. The predicted octanol–water partition coefficient (Wildman–Crippen LogP) is 2.63. The van der Waals surface area contributed by atoms with E-state index in [1.807, 2.05) is 50.5 Å². The molecule has 1 aromatic carbocycles. The first-order chi connectivity index (χ1) is 9.68. The average molecular weight is 272 g/mol. The van der Waals surface area contributed by atoms with E-state index in [2.05, 4.69) is 10.2 Å². The van der Waals surface area contributed by atoms with Crippen LogP contribution in [0.15, 0.2) is 47.1 Å². The molecule has 0 saturated carbocycles. The minimum Gasteiger partial charge on any atom is -0.464 e. The van der Waals surface area contributed by atoms with Gasteiger partial charge in [0.25, 0.3) is 5.91 Å². The molecule has 1 amide bonds. The van der Waals surface area contributed by atoms with Gasteiger partial charge in [-0.05, 0) is 45.3 Å². The van der Waals surface area contributed by atoms with Crippen molar-refractivity contribution in [3.63, 3.8) is 0 Å². The molecule has 2 rings (SSSR count). The summed E-state index contributed by atoms with van der Waals surface area (Å²) in [4.78, 5) is 14.3. The molecule has 0 unspecified atom stereocenters. The molecule has 106 valence electrons. The maximum absolute atomic E-state index is 12.2. The number of carbonyl (C=O) groups is 1. The van der Waals surface area contributed by atoms with Crippen LogP contribution < -0.4 is 5.32 Å². The number of nitrogens with one attached hydrogen (secondary N) is 1. The molecule has 4 heteroatoms. The van der Waals surface area contributed by atoms with Crippen LogP contribution in [-0.4, -0.2) is 38.0 Å². The second-order valence-electron chi connectivity index (χ2n) is 4.94. The largest absolute Gasteiger partial charge is 0.464 e. The number of hydrogen-bond acceptors (Lipinski definition) is 3. The molecule has 20 heavy (non-hydrogen) atoms. The Bertz CT molecular complexity index is 547. The van der Waals surface area contributed by atoms with Gasteiger partial charge in [-0.15, -0.1) is 0 Å². The van der Waals surface area contributed by atoms with Crippen LogP contribution in [0.5, 0.6) is 0 Å². The monoisotopic (exact) mass is 272 g/mol. The molecule has 0 spiro atoms. The van der Waals surface area contributed by atoms with Gasteiger partial charge in [-0.1, -0.05) is 18.2 Å². The molecule has 4 nitrogen and oxygen atoms in total. The normalized spacial score (nSPS) is 10.8. The number of carbonyl (C=O) groups excluding carboxylic acids is 1. The Balaban J connectivity index is 2.03. The summed E-state index contributed by atoms with van der Waals surface area (Å²) < 4.78 is 5.38. The maximum Gasteiger partial charge on any atom is 0.252 e. The Morgan fingerprint density at radius 2 is 2.00 bits per heavy atom. The molecule has 0 saturated heterocycles. The van der Waals surface area contributed by atoms with Gasteiger partial charge in [0.15, 0.2) is 0 Å². The first-order valence-electron chi connectivity index (χ1n) is 6.74. The van der Waals surface area contributed by atoms with E-state index in [4.69, 9.17) is 4.42 Å². The smallest absolute Gasteiger partial charge is 0.252 e. The molecule has 0 aliphatic rings. The molecule has 0 fully saturated rings. The minimum absolute atomic E-state index is 0.0595. The van der Waals surface area contributed by atoms with Crippen LogP contribution in [-0.2, 0) is 0 Å². The summed E-state index contributed by atoms with van der Waals surface area (Å²) in [6.07, 6.45) is 2.54. The summed E-state index contributed by atoms with van der Waals surface area (Å²) in [5, 5.41) is 2.95. The van der Waals surface area contributed by atoms with E-state index < -0.39 is 0 Å². The fourth-order valence-corrected chi connectivity index (χ4v) is 2.02. The van der Waals surface area contributed by atoms with Crippen molar-refractivity contribution in [1.82, 2.24) is 10.2 Å². The zero-order valence-electron chi connectivity index (χ0n) is 11.9. The van der Waals surface area contributed by atoms with E-state index in [0.29, 0.717) is 17.9 Å². The van der Waals surface area contributed by atoms with Crippen molar-refractivity contribution in [2.45, 2.75) is 6.42 Å². The van der Waals surface area contributed by atoms with Crippen LogP contribution in [0.3, 0.4) is 0 Å². The van der Waals surface area contributed by atoms with Gasteiger partial charge in [-0.3, -0.25) is 4.79 Å². The van der Waals surface area contributed by atoms with Gasteiger partial charge in [0.05, 0.1) is 11.8 Å². The van der Waals surface area contributed by atoms with Crippen molar-refractivity contribution in [2.24, 2.45) is 0 Å². The quantitative estimate of drug-likeness (QED) is 0.822. The number of rotatable bonds is 6. The second kappa shape index (κ2) is 6.91. The van der Waals surface area contributed by atoms with Gasteiger partial charge in [-0.25, -0.2) is 0 Å². The standard InChI is InChI=1S/C16H20N2O2/c1-18(2)11-6-10-17-16(19)14-8-4-3-7-13(14)15-9-5-12-20-15/h3-5,7-9,12H,6,10-11H2,1-2H3,(H,17,19). The van der Waals surface area contributed by atoms with Crippen molar-refractivity contribution in [2.75, 3.05) is 27.2 Å². The highest BCUT2D eigenvalue weighted by Gasteiger charge is 2.13. The summed E-state index contributed by atoms with van der Waals surface area (Å²) in [5.41, 5.74) is 1.47. The molecular formula is C16H20N2O2. The number of benzene rings is 1. The molecule has 1 heterocycles. The van der Waals surface area contributed by atoms with Crippen molar-refractivity contribution in [3.8, 4) is 11.3 Å². The Kier molecular flexibility index (Phi) is 4.96. The molecular weight excluding hydrogens is 252 g/mol. The van der Waals surface area contributed by atoms with Crippen LogP contribution in [0.25, 0.3) is 11.3 Å². The molecule has 0 atom stereocenters. The van der Waals surface area contributed by atoms with E-state index in [-0.39, 0.29) is 5.91 Å². The van der Waals surface area contributed by atoms with E-state index in [0.717, 1.165) is 18.5 Å². The summed E-state index contributed by atoms with van der Waals surface area (Å²) in [6, 6.07) is 11.2. The second-order valence-corrected chi connectivity index (χ2v) is 4.94. The lowest BCUT2D eigenvalue weighted by Crippen LogP contribution is -2.27. The Hall–Kier alpha value is -2.07. The fourth-order valence-electron chi connectivity index (χ4n) is 2.02. The topological polar surface area (TPSA) is 45.5 Å². The van der Waals surface area contributed by atoms with Crippen molar-refractivity contribution in [3.05, 3.63) is 48.2 Å². The van der Waals surface area contributed by atoms with E-state index in [1.165, 1.54) is 0 Å². The molecule has 0 bridgehead atoms. The van der Waals surface area contributed by atoms with Gasteiger partial charge >= 0.3 is 0 Å². The summed E-state index contributed by atoms with van der Waals surface area (Å²) in [7, 11) is 4.04. The molecule has 1 N–H and O–H groups in total. The SMILES string of the molecule is CN(C)CCCNC(=O)c1ccccc1-c1ccco1. The third-order valence-corrected chi connectivity index (χ3v) is 3.03. The lowest BCUT2D eigenvalue weighted by Gasteiger charge is -2.11. The van der Waals surface area contributed by atoms with Crippen LogP contribution in [0.4, 0.5) is 0 Å². The Labute approximate surface area is 119 Å². The lowest BCUT2D eigenvalue weighted by molar-refractivity contribution is 0.0953. The highest BCUT2D eigenvalue weighted by molar-refractivity contribution is 6.00. The summed E-state index contributed by atoms with van der Waals surface area (Å²) >= 11 is 0. The number of nitrogens with zero attached hydrogens (tertiary/aromatic N) is 1. The summed E-state index contributed by atoms with van der Waals surface area (Å²) in [5.74, 6) is 0.653. The highest BCUT2D eigenvalue weighted by Crippen LogP contribution is 2.23. The van der Waals surface area contributed by atoms with E-state index in [9.17, 15) is 4.79 Å². The number of furan rings is 1. The van der Waals surface area contributed by atoms with Gasteiger partial charge in [0.2, 0.25) is 0 Å². The summed E-state index contributed by atoms with van der Waals surface area (Å²) in [6.45, 7) is 1.63. The third-order valence-electron chi connectivity index (χ3n) is 3.03. The first kappa shape index (κ1) is 14.3.